The number of para-hydroxylation sites is 2. The lowest BCUT2D eigenvalue weighted by Gasteiger charge is -2.24. The van der Waals surface area contributed by atoms with Gasteiger partial charge in [0.25, 0.3) is 0 Å². The molecule has 0 fully saturated rings. The second kappa shape index (κ2) is 25.8. The molecule has 2 N–H and O–H groups in total. The second-order valence-corrected chi connectivity index (χ2v) is 22.8. The van der Waals surface area contributed by atoms with Crippen molar-refractivity contribution in [1.82, 2.24) is 9.97 Å². The zero-order chi connectivity index (χ0) is 60.8. The molecule has 16 aromatic rings. The fourth-order valence-corrected chi connectivity index (χ4v) is 12.9. The number of anilines is 6. The summed E-state index contributed by atoms with van der Waals surface area (Å²) in [6.45, 7) is 0. The minimum Gasteiger partial charge on any atom is -0.423 e. The Morgan fingerprint density at radius 2 is 0.578 bits per heavy atom. The molecule has 0 saturated heterocycles. The Bertz CT molecular complexity index is 4970. The van der Waals surface area contributed by atoms with Gasteiger partial charge in [-0.1, -0.05) is 259 Å². The van der Waals surface area contributed by atoms with Gasteiger partial charge in [-0.3, -0.25) is 9.80 Å². The van der Waals surface area contributed by atoms with Gasteiger partial charge in [-0.25, -0.2) is 9.97 Å². The lowest BCUT2D eigenvalue weighted by Crippen LogP contribution is -2.31. The highest BCUT2D eigenvalue weighted by Crippen LogP contribution is 2.46. The van der Waals surface area contributed by atoms with E-state index in [1.165, 1.54) is 65.3 Å². The van der Waals surface area contributed by atoms with Crippen molar-refractivity contribution in [3.8, 4) is 33.4 Å². The smallest absolute Gasteiger partial charge is 0.423 e. The Kier molecular flexibility index (Phi) is 16.3. The van der Waals surface area contributed by atoms with Crippen molar-refractivity contribution < 1.29 is 10.0 Å². The zero-order valence-electron chi connectivity index (χ0n) is 49.0. The van der Waals surface area contributed by atoms with Crippen molar-refractivity contribution in [3.05, 3.63) is 344 Å². The van der Waals surface area contributed by atoms with Gasteiger partial charge in [0.1, 0.15) is 11.6 Å². The number of rotatable bonds is 10. The van der Waals surface area contributed by atoms with Gasteiger partial charge in [0, 0.05) is 39.6 Å². The first-order chi connectivity index (χ1) is 44.5. The lowest BCUT2D eigenvalue weighted by atomic mass is 9.72. The molecule has 0 spiro atoms. The number of hydrogen-bond acceptors (Lipinski definition) is 6. The molecule has 6 nitrogen and oxygen atoms in total. The number of pyridine rings is 2. The quantitative estimate of drug-likeness (QED) is 0.105. The summed E-state index contributed by atoms with van der Waals surface area (Å²) in [7, 11) is -1.53. The molecule has 0 unspecified atom stereocenters. The number of halogens is 1. The van der Waals surface area contributed by atoms with Crippen molar-refractivity contribution >= 4 is 128 Å². The van der Waals surface area contributed by atoms with Gasteiger partial charge < -0.3 is 10.0 Å². The van der Waals surface area contributed by atoms with Gasteiger partial charge in [0.15, 0.2) is 0 Å². The van der Waals surface area contributed by atoms with E-state index >= 15 is 0 Å². The molecule has 90 heavy (non-hydrogen) atoms. The Morgan fingerprint density at radius 3 is 0.967 bits per heavy atom. The number of aromatic nitrogens is 2. The van der Waals surface area contributed by atoms with Crippen LogP contribution in [-0.4, -0.2) is 27.1 Å². The first kappa shape index (κ1) is 56.8. The third-order valence-corrected chi connectivity index (χ3v) is 17.1. The molecule has 428 valence electrons. The Balaban J connectivity index is 0.000000128. The Hall–Kier alpha value is -11.0. The molecule has 0 aliphatic rings. The standard InChI is InChI=1S/C41H28N2.C24H17BO2.C17H13BrN2/c1-2-15-31(16-3-1)43(39-23-10-11-28-42-39)32-26-24-30(25-27-32)40-35-18-6-8-20-37(35)41(38-21-9-7-19-36(38)40)34-22-12-14-29-13-4-5-17-33(29)34;26-25(27)24-21-13-5-3-11-19(21)23(20-12-4-6-14-22(20)24)18-15-7-9-16-8-1-2-10-17(16)18;18-14-9-11-16(12-10-14)20(15-6-2-1-3-7-15)17-8-4-5-13-19-17/h1-28H;1-15,26-27H;1-13H. The van der Waals surface area contributed by atoms with Crippen LogP contribution in [0.3, 0.4) is 0 Å². The van der Waals surface area contributed by atoms with Gasteiger partial charge in [0.05, 0.1) is 0 Å². The van der Waals surface area contributed by atoms with Gasteiger partial charge in [-0.2, -0.15) is 0 Å². The van der Waals surface area contributed by atoms with Crippen LogP contribution >= 0.6 is 15.9 Å². The number of benzene rings is 14. The number of hydrogen-bond donors (Lipinski definition) is 2. The third-order valence-electron chi connectivity index (χ3n) is 16.6. The summed E-state index contributed by atoms with van der Waals surface area (Å²) < 4.78 is 1.07. The predicted octanol–water partition coefficient (Wildman–Crippen LogP) is 21.2. The average molecular weight is 1220 g/mol. The van der Waals surface area contributed by atoms with E-state index in [1.54, 1.807) is 0 Å². The second-order valence-electron chi connectivity index (χ2n) is 21.9. The van der Waals surface area contributed by atoms with Crippen molar-refractivity contribution in [2.45, 2.75) is 0 Å². The van der Waals surface area contributed by atoms with Crippen LogP contribution in [0.2, 0.25) is 0 Å². The van der Waals surface area contributed by atoms with E-state index in [-0.39, 0.29) is 0 Å². The first-order valence-corrected chi connectivity index (χ1v) is 30.8. The van der Waals surface area contributed by atoms with Crippen LogP contribution in [0.4, 0.5) is 34.4 Å². The van der Waals surface area contributed by atoms with Crippen LogP contribution in [0.5, 0.6) is 0 Å². The highest BCUT2D eigenvalue weighted by Gasteiger charge is 2.24. The molecule has 0 aliphatic carbocycles. The summed E-state index contributed by atoms with van der Waals surface area (Å²) in [5.41, 5.74) is 12.1. The van der Waals surface area contributed by atoms with Crippen molar-refractivity contribution in [2.24, 2.45) is 0 Å². The van der Waals surface area contributed by atoms with E-state index in [0.717, 1.165) is 71.5 Å². The summed E-state index contributed by atoms with van der Waals surface area (Å²) in [6, 6.07) is 113. The minimum absolute atomic E-state index is 0.560. The van der Waals surface area contributed by atoms with Gasteiger partial charge in [-0.15, -0.1) is 0 Å². The molecule has 2 aromatic heterocycles. The summed E-state index contributed by atoms with van der Waals surface area (Å²) in [4.78, 5) is 13.5. The largest absolute Gasteiger partial charge is 0.489 e. The van der Waals surface area contributed by atoms with Crippen LogP contribution in [0.25, 0.3) is 98.0 Å². The molecule has 14 aromatic carbocycles. The van der Waals surface area contributed by atoms with Crippen molar-refractivity contribution in [1.29, 1.82) is 0 Å². The molecule has 0 amide bonds. The van der Waals surface area contributed by atoms with Gasteiger partial charge >= 0.3 is 7.12 Å². The highest BCUT2D eigenvalue weighted by molar-refractivity contribution is 9.10. The SMILES string of the molecule is Brc1ccc(N(c2ccccc2)c2ccccn2)cc1.OB(O)c1c2ccccc2c(-c2cccc3ccccc23)c2ccccc12.c1ccc(N(c2ccc(-c3c4ccccc4c(-c4cccc5ccccc45)c4ccccc34)cc2)c2ccccn2)cc1. The van der Waals surface area contributed by atoms with Crippen LogP contribution in [0.15, 0.2) is 344 Å². The predicted molar refractivity (Wildman–Crippen MR) is 383 cm³/mol. The van der Waals surface area contributed by atoms with E-state index in [2.05, 4.69) is 248 Å². The summed E-state index contributed by atoms with van der Waals surface area (Å²) >= 11 is 3.47. The molecule has 0 aliphatic heterocycles. The highest BCUT2D eigenvalue weighted by atomic mass is 79.9. The minimum atomic E-state index is -1.53. The van der Waals surface area contributed by atoms with E-state index < -0.39 is 7.12 Å². The maximum Gasteiger partial charge on any atom is 0.489 e. The zero-order valence-corrected chi connectivity index (χ0v) is 50.6. The molecule has 16 rings (SSSR count). The Morgan fingerprint density at radius 1 is 0.267 bits per heavy atom. The fraction of sp³-hybridized carbons (Fsp3) is 0. The average Bonchev–Trinajstić information content (AvgIpc) is 1.68. The van der Waals surface area contributed by atoms with E-state index in [0.29, 0.717) is 5.46 Å². The third kappa shape index (κ3) is 11.2. The fourth-order valence-electron chi connectivity index (χ4n) is 12.7. The summed E-state index contributed by atoms with van der Waals surface area (Å²) in [5, 5.41) is 33.9. The molecule has 8 heteroatoms. The summed E-state index contributed by atoms with van der Waals surface area (Å²) in [5.74, 6) is 1.79. The molecule has 0 atom stereocenters. The molecule has 0 saturated carbocycles. The van der Waals surface area contributed by atoms with E-state index in [1.807, 2.05) is 128 Å². The molecular weight excluding hydrogens is 1160 g/mol. The van der Waals surface area contributed by atoms with Gasteiger partial charge in [-0.05, 0) is 188 Å². The van der Waals surface area contributed by atoms with Crippen molar-refractivity contribution in [2.75, 3.05) is 9.80 Å². The van der Waals surface area contributed by atoms with Crippen LogP contribution in [0.1, 0.15) is 0 Å². The monoisotopic (exact) mass is 1220 g/mol. The molecule has 2 heterocycles. The molecular formula is C82H58BBrN4O2. The number of nitrogens with zero attached hydrogens (tertiary/aromatic N) is 4. The van der Waals surface area contributed by atoms with Crippen LogP contribution < -0.4 is 15.3 Å². The Labute approximate surface area is 531 Å². The maximum atomic E-state index is 10.1. The van der Waals surface area contributed by atoms with Crippen LogP contribution in [-0.2, 0) is 0 Å². The van der Waals surface area contributed by atoms with E-state index in [9.17, 15) is 10.0 Å². The first-order valence-electron chi connectivity index (χ1n) is 30.0. The molecule has 0 bridgehead atoms. The summed E-state index contributed by atoms with van der Waals surface area (Å²) in [6.07, 6.45) is 3.65. The molecule has 0 radical (unpaired) electrons. The normalized spacial score (nSPS) is 11.1. The van der Waals surface area contributed by atoms with Crippen LogP contribution in [0, 0.1) is 0 Å². The van der Waals surface area contributed by atoms with Gasteiger partial charge in [0.2, 0.25) is 0 Å². The van der Waals surface area contributed by atoms with Crippen molar-refractivity contribution in [3.63, 3.8) is 0 Å². The number of fused-ring (bicyclic) bond motifs is 6. The van der Waals surface area contributed by atoms with E-state index in [4.69, 9.17) is 0 Å². The maximum absolute atomic E-state index is 10.1. The lowest BCUT2D eigenvalue weighted by molar-refractivity contribution is 0.426. The topological polar surface area (TPSA) is 72.7 Å².